The van der Waals surface area contributed by atoms with Crippen molar-refractivity contribution in [3.05, 3.63) is 47.2 Å². The Bertz CT molecular complexity index is 1210. The van der Waals surface area contributed by atoms with Crippen molar-refractivity contribution in [1.29, 1.82) is 0 Å². The minimum Gasteiger partial charge on any atom is -0.354 e. The van der Waals surface area contributed by atoms with Gasteiger partial charge < -0.3 is 15.5 Å². The molecule has 184 valence electrons. The number of aryl methyl sites for hydroxylation is 2. The van der Waals surface area contributed by atoms with Crippen molar-refractivity contribution in [1.82, 2.24) is 34.8 Å². The van der Waals surface area contributed by atoms with E-state index in [4.69, 9.17) is 0 Å². The van der Waals surface area contributed by atoms with E-state index in [0.29, 0.717) is 36.7 Å². The second-order valence-corrected chi connectivity index (χ2v) is 9.51. The normalized spacial score (nSPS) is 18.3. The lowest BCUT2D eigenvalue weighted by Crippen LogP contribution is -2.33. The van der Waals surface area contributed by atoms with E-state index in [0.717, 1.165) is 55.6 Å². The van der Waals surface area contributed by atoms with Gasteiger partial charge in [-0.25, -0.2) is 19.5 Å². The lowest BCUT2D eigenvalue weighted by molar-refractivity contribution is -0.131. The summed E-state index contributed by atoms with van der Waals surface area (Å²) < 4.78 is 1.72. The highest BCUT2D eigenvalue weighted by molar-refractivity contribution is 5.99. The molecule has 10 heteroatoms. The van der Waals surface area contributed by atoms with Crippen LogP contribution >= 0.6 is 0 Å². The summed E-state index contributed by atoms with van der Waals surface area (Å²) in [6.07, 6.45) is 9.76. The van der Waals surface area contributed by atoms with Crippen molar-refractivity contribution in [3.8, 4) is 0 Å². The van der Waals surface area contributed by atoms with Crippen molar-refractivity contribution in [2.24, 2.45) is 0 Å². The van der Waals surface area contributed by atoms with Crippen LogP contribution < -0.4 is 10.6 Å². The Labute approximate surface area is 204 Å². The van der Waals surface area contributed by atoms with E-state index in [1.165, 1.54) is 0 Å². The maximum absolute atomic E-state index is 13.1. The number of aromatic nitrogens is 5. The van der Waals surface area contributed by atoms with E-state index in [9.17, 15) is 9.59 Å². The maximum atomic E-state index is 13.1. The SMILES string of the molecule is Cc1cc(C)nc(NCCC(=O)N2CCC[C@@H]2c2ccnc3c(C(=O)NC4CCCC4)cnn23)n1. The van der Waals surface area contributed by atoms with Crippen LogP contribution in [0.25, 0.3) is 5.65 Å². The number of likely N-dealkylation sites (tertiary alicyclic amines) is 1. The summed E-state index contributed by atoms with van der Waals surface area (Å²) in [5, 5.41) is 10.8. The summed E-state index contributed by atoms with van der Waals surface area (Å²) in [7, 11) is 0. The number of fused-ring (bicyclic) bond motifs is 1. The van der Waals surface area contributed by atoms with Crippen LogP contribution in [-0.4, -0.2) is 60.4 Å². The molecule has 1 saturated heterocycles. The molecule has 1 atom stereocenters. The average molecular weight is 477 g/mol. The summed E-state index contributed by atoms with van der Waals surface area (Å²) in [5.41, 5.74) is 3.68. The number of hydrogen-bond donors (Lipinski definition) is 2. The van der Waals surface area contributed by atoms with Gasteiger partial charge in [-0.05, 0) is 51.7 Å². The molecule has 2 aliphatic rings. The molecule has 0 unspecified atom stereocenters. The zero-order valence-electron chi connectivity index (χ0n) is 20.3. The van der Waals surface area contributed by atoms with Crippen LogP contribution in [-0.2, 0) is 4.79 Å². The molecule has 3 aromatic rings. The van der Waals surface area contributed by atoms with Gasteiger partial charge in [-0.1, -0.05) is 12.8 Å². The Balaban J connectivity index is 1.28. The number of rotatable bonds is 7. The van der Waals surface area contributed by atoms with Crippen LogP contribution in [0.15, 0.2) is 24.5 Å². The van der Waals surface area contributed by atoms with Gasteiger partial charge in [-0.15, -0.1) is 0 Å². The molecule has 0 aromatic carbocycles. The summed E-state index contributed by atoms with van der Waals surface area (Å²) >= 11 is 0. The largest absolute Gasteiger partial charge is 0.354 e. The van der Waals surface area contributed by atoms with Crippen molar-refractivity contribution in [3.63, 3.8) is 0 Å². The molecular weight excluding hydrogens is 444 g/mol. The Morgan fingerprint density at radius 1 is 1.09 bits per heavy atom. The van der Waals surface area contributed by atoms with Gasteiger partial charge in [0.1, 0.15) is 5.56 Å². The third-order valence-electron chi connectivity index (χ3n) is 6.88. The number of anilines is 1. The Hall–Kier alpha value is -3.56. The van der Waals surface area contributed by atoms with Gasteiger partial charge in [0.15, 0.2) is 5.65 Å². The molecule has 3 aromatic heterocycles. The number of nitrogens with one attached hydrogen (secondary N) is 2. The first-order chi connectivity index (χ1) is 17.0. The highest BCUT2D eigenvalue weighted by Crippen LogP contribution is 2.32. The molecule has 1 aliphatic heterocycles. The molecule has 2 N–H and O–H groups in total. The molecule has 0 bridgehead atoms. The molecule has 0 radical (unpaired) electrons. The number of carbonyl (C=O) groups is 2. The van der Waals surface area contributed by atoms with Gasteiger partial charge in [-0.2, -0.15) is 5.10 Å². The van der Waals surface area contributed by atoms with Crippen LogP contribution in [0.4, 0.5) is 5.95 Å². The standard InChI is InChI=1S/C25H32N8O2/c1-16-14-17(2)30-25(29-16)27-12-10-22(34)32-13-5-8-20(32)21-9-11-26-23-19(15-28-33(21)23)24(35)31-18-6-3-4-7-18/h9,11,14-15,18,20H,3-8,10,12-13H2,1-2H3,(H,31,35)(H,27,29,30)/t20-/m1/s1. The summed E-state index contributed by atoms with van der Waals surface area (Å²) in [5.74, 6) is 0.486. The van der Waals surface area contributed by atoms with E-state index in [-0.39, 0.29) is 23.9 Å². The fourth-order valence-electron chi connectivity index (χ4n) is 5.26. The molecule has 4 heterocycles. The first kappa shape index (κ1) is 23.2. The first-order valence-electron chi connectivity index (χ1n) is 12.5. The van der Waals surface area contributed by atoms with Crippen LogP contribution in [0.1, 0.15) is 78.4 Å². The molecule has 1 aliphatic carbocycles. The first-order valence-corrected chi connectivity index (χ1v) is 12.5. The summed E-state index contributed by atoms with van der Waals surface area (Å²) in [4.78, 5) is 41.1. The van der Waals surface area contributed by atoms with Gasteiger partial charge in [0.05, 0.1) is 17.9 Å². The van der Waals surface area contributed by atoms with E-state index >= 15 is 0 Å². The molecule has 1 saturated carbocycles. The van der Waals surface area contributed by atoms with E-state index in [1.54, 1.807) is 16.9 Å². The molecule has 35 heavy (non-hydrogen) atoms. The minimum absolute atomic E-state index is 0.0701. The van der Waals surface area contributed by atoms with Gasteiger partial charge in [-0.3, -0.25) is 9.59 Å². The molecule has 2 fully saturated rings. The van der Waals surface area contributed by atoms with Gasteiger partial charge >= 0.3 is 0 Å². The van der Waals surface area contributed by atoms with Crippen LogP contribution in [0, 0.1) is 13.8 Å². The number of hydrogen-bond acceptors (Lipinski definition) is 7. The van der Waals surface area contributed by atoms with Crippen LogP contribution in [0.2, 0.25) is 0 Å². The smallest absolute Gasteiger partial charge is 0.256 e. The Morgan fingerprint density at radius 2 is 1.86 bits per heavy atom. The fourth-order valence-corrected chi connectivity index (χ4v) is 5.26. The van der Waals surface area contributed by atoms with E-state index in [2.05, 4.69) is 30.7 Å². The van der Waals surface area contributed by atoms with Crippen molar-refractivity contribution < 1.29 is 9.59 Å². The quantitative estimate of drug-likeness (QED) is 0.538. The van der Waals surface area contributed by atoms with Crippen molar-refractivity contribution >= 4 is 23.4 Å². The second-order valence-electron chi connectivity index (χ2n) is 9.51. The van der Waals surface area contributed by atoms with Gasteiger partial charge in [0, 0.05) is 43.1 Å². The highest BCUT2D eigenvalue weighted by Gasteiger charge is 2.32. The third kappa shape index (κ3) is 4.96. The van der Waals surface area contributed by atoms with Crippen LogP contribution in [0.3, 0.4) is 0 Å². The molecule has 5 rings (SSSR count). The number of carbonyl (C=O) groups excluding carboxylic acids is 2. The highest BCUT2D eigenvalue weighted by atomic mass is 16.2. The summed E-state index contributed by atoms with van der Waals surface area (Å²) in [6, 6.07) is 3.94. The Kier molecular flexibility index (Phi) is 6.61. The van der Waals surface area contributed by atoms with Crippen LogP contribution in [0.5, 0.6) is 0 Å². The number of amides is 2. The van der Waals surface area contributed by atoms with Crippen molar-refractivity contribution in [2.45, 2.75) is 70.9 Å². The maximum Gasteiger partial charge on any atom is 0.256 e. The molecule has 0 spiro atoms. The lowest BCUT2D eigenvalue weighted by Gasteiger charge is -2.25. The lowest BCUT2D eigenvalue weighted by atomic mass is 10.1. The predicted octanol–water partition coefficient (Wildman–Crippen LogP) is 2.97. The van der Waals surface area contributed by atoms with E-state index < -0.39 is 0 Å². The van der Waals surface area contributed by atoms with Gasteiger partial charge in [0.2, 0.25) is 11.9 Å². The third-order valence-corrected chi connectivity index (χ3v) is 6.88. The average Bonchev–Trinajstić information content (AvgIpc) is 3.58. The molecule has 10 nitrogen and oxygen atoms in total. The van der Waals surface area contributed by atoms with Gasteiger partial charge in [0.25, 0.3) is 5.91 Å². The monoisotopic (exact) mass is 476 g/mol. The fraction of sp³-hybridized carbons (Fsp3) is 0.520. The topological polar surface area (TPSA) is 117 Å². The van der Waals surface area contributed by atoms with Crippen molar-refractivity contribution in [2.75, 3.05) is 18.4 Å². The predicted molar refractivity (Wildman–Crippen MR) is 131 cm³/mol. The second kappa shape index (κ2) is 9.97. The number of nitrogens with zero attached hydrogens (tertiary/aromatic N) is 6. The molecule has 2 amide bonds. The Morgan fingerprint density at radius 3 is 2.63 bits per heavy atom. The zero-order chi connectivity index (χ0) is 24.4. The summed E-state index contributed by atoms with van der Waals surface area (Å²) in [6.45, 7) is 5.01. The zero-order valence-corrected chi connectivity index (χ0v) is 20.3. The van der Waals surface area contributed by atoms with E-state index in [1.807, 2.05) is 30.9 Å². The molecular formula is C25H32N8O2. The minimum atomic E-state index is -0.129.